The fourth-order valence-electron chi connectivity index (χ4n) is 1.22. The highest BCUT2D eigenvalue weighted by molar-refractivity contribution is 4.95. The van der Waals surface area contributed by atoms with Crippen molar-refractivity contribution in [3.63, 3.8) is 0 Å². The lowest BCUT2D eigenvalue weighted by Gasteiger charge is -2.24. The molecule has 1 rings (SSSR count). The van der Waals surface area contributed by atoms with Crippen LogP contribution >= 0.6 is 0 Å². The zero-order chi connectivity index (χ0) is 9.84. The van der Waals surface area contributed by atoms with Crippen molar-refractivity contribution >= 4 is 0 Å². The fourth-order valence-corrected chi connectivity index (χ4v) is 1.22. The van der Waals surface area contributed by atoms with E-state index in [2.05, 4.69) is 13.2 Å². The molecule has 1 heterocycles. The first-order chi connectivity index (χ1) is 6.19. The second-order valence-corrected chi connectivity index (χ2v) is 2.84. The van der Waals surface area contributed by atoms with E-state index in [1.54, 1.807) is 11.1 Å². The minimum absolute atomic E-state index is 0.133. The summed E-state index contributed by atoms with van der Waals surface area (Å²) >= 11 is 0. The average Bonchev–Trinajstić information content (AvgIpc) is 2.53. The molecule has 4 heteroatoms. The van der Waals surface area contributed by atoms with Crippen LogP contribution in [0, 0.1) is 0 Å². The van der Waals surface area contributed by atoms with Crippen LogP contribution in [0.5, 0.6) is 0 Å². The van der Waals surface area contributed by atoms with E-state index in [0.29, 0.717) is 12.4 Å². The van der Waals surface area contributed by atoms with Gasteiger partial charge in [0, 0.05) is 6.20 Å². The molecule has 0 aromatic heterocycles. The molecule has 0 aromatic carbocycles. The Morgan fingerprint density at radius 1 is 1.77 bits per heavy atom. The van der Waals surface area contributed by atoms with Gasteiger partial charge in [0.1, 0.15) is 0 Å². The van der Waals surface area contributed by atoms with Gasteiger partial charge in [0.05, 0.1) is 12.4 Å². The molecular formula is C9H16N2O2. The molecule has 0 saturated carbocycles. The summed E-state index contributed by atoms with van der Waals surface area (Å²) in [6.07, 6.45) is 2.11. The number of nitrogens with two attached hydrogens (primary N) is 1. The Balaban J connectivity index is 2.52. The Morgan fingerprint density at radius 3 is 2.85 bits per heavy atom. The molecule has 0 radical (unpaired) electrons. The molecule has 1 aliphatic heterocycles. The quantitative estimate of drug-likeness (QED) is 0.707. The van der Waals surface area contributed by atoms with E-state index in [0.717, 1.165) is 6.42 Å². The third kappa shape index (κ3) is 2.23. The molecule has 0 amide bonds. The second kappa shape index (κ2) is 4.30. The van der Waals surface area contributed by atoms with E-state index < -0.39 is 0 Å². The van der Waals surface area contributed by atoms with Crippen molar-refractivity contribution < 1.29 is 9.47 Å². The van der Waals surface area contributed by atoms with Crippen molar-refractivity contribution in [2.75, 3.05) is 6.61 Å². The van der Waals surface area contributed by atoms with E-state index in [1.807, 2.05) is 6.92 Å². The molecule has 1 fully saturated rings. The number of ether oxygens (including phenoxy) is 2. The van der Waals surface area contributed by atoms with Crippen molar-refractivity contribution in [2.24, 2.45) is 5.73 Å². The fraction of sp³-hybridized carbons (Fsp3) is 0.556. The van der Waals surface area contributed by atoms with Crippen LogP contribution in [0.2, 0.25) is 0 Å². The summed E-state index contributed by atoms with van der Waals surface area (Å²) in [7, 11) is 0. The van der Waals surface area contributed by atoms with Crippen molar-refractivity contribution in [1.29, 1.82) is 0 Å². The lowest BCUT2D eigenvalue weighted by molar-refractivity contribution is -0.0788. The number of hydrogen-bond acceptors (Lipinski definition) is 4. The van der Waals surface area contributed by atoms with Crippen molar-refractivity contribution in [3.8, 4) is 0 Å². The van der Waals surface area contributed by atoms with Gasteiger partial charge >= 0.3 is 0 Å². The maximum absolute atomic E-state index is 5.54. The molecular weight excluding hydrogens is 168 g/mol. The molecule has 0 aliphatic carbocycles. The summed E-state index contributed by atoms with van der Waals surface area (Å²) in [5.74, 6) is 0.417. The van der Waals surface area contributed by atoms with Gasteiger partial charge in [0.25, 0.3) is 0 Å². The van der Waals surface area contributed by atoms with Crippen molar-refractivity contribution in [2.45, 2.75) is 25.9 Å². The Bertz CT molecular complexity index is 206. The summed E-state index contributed by atoms with van der Waals surface area (Å²) in [5, 5.41) is 0. The largest absolute Gasteiger partial charge is 0.386 e. The zero-order valence-corrected chi connectivity index (χ0v) is 7.90. The molecule has 1 aliphatic rings. The van der Waals surface area contributed by atoms with Gasteiger partial charge < -0.3 is 20.1 Å². The number of nitrogens with zero attached hydrogens (tertiary/aromatic N) is 1. The van der Waals surface area contributed by atoms with Crippen LogP contribution in [0.4, 0.5) is 0 Å². The van der Waals surface area contributed by atoms with Crippen LogP contribution in [-0.4, -0.2) is 24.0 Å². The highest BCUT2D eigenvalue weighted by Crippen LogP contribution is 2.18. The summed E-state index contributed by atoms with van der Waals surface area (Å²) in [6.45, 7) is 9.75. The Kier molecular flexibility index (Phi) is 3.33. The first kappa shape index (κ1) is 10.1. The molecule has 0 aromatic rings. The van der Waals surface area contributed by atoms with Gasteiger partial charge in [-0.05, 0) is 6.42 Å². The van der Waals surface area contributed by atoms with E-state index in [-0.39, 0.29) is 12.5 Å². The standard InChI is InChI=1S/C9H16N2O2/c1-4-9-12-6-8(13-9)11(5-2)7(3)10/h5,8-9H,2-4,6,10H2,1H3. The van der Waals surface area contributed by atoms with Crippen LogP contribution in [0.15, 0.2) is 25.2 Å². The van der Waals surface area contributed by atoms with Gasteiger partial charge in [-0.2, -0.15) is 0 Å². The SMILES string of the molecule is C=CN(C(=C)N)C1COC(CC)O1. The Hall–Kier alpha value is -1.00. The van der Waals surface area contributed by atoms with Crippen molar-refractivity contribution in [3.05, 3.63) is 25.2 Å². The number of hydrogen-bond donors (Lipinski definition) is 1. The molecule has 0 spiro atoms. The first-order valence-corrected chi connectivity index (χ1v) is 4.31. The predicted molar refractivity (Wildman–Crippen MR) is 50.3 cm³/mol. The maximum atomic E-state index is 5.54. The molecule has 0 bridgehead atoms. The lowest BCUT2D eigenvalue weighted by Crippen LogP contribution is -2.34. The van der Waals surface area contributed by atoms with E-state index in [9.17, 15) is 0 Å². The smallest absolute Gasteiger partial charge is 0.161 e. The summed E-state index contributed by atoms with van der Waals surface area (Å²) < 4.78 is 10.9. The Morgan fingerprint density at radius 2 is 2.46 bits per heavy atom. The highest BCUT2D eigenvalue weighted by Gasteiger charge is 2.28. The molecule has 4 nitrogen and oxygen atoms in total. The van der Waals surface area contributed by atoms with Crippen LogP contribution in [0.25, 0.3) is 0 Å². The molecule has 13 heavy (non-hydrogen) atoms. The summed E-state index contributed by atoms with van der Waals surface area (Å²) in [4.78, 5) is 1.66. The highest BCUT2D eigenvalue weighted by atomic mass is 16.7. The molecule has 2 N–H and O–H groups in total. The normalized spacial score (nSPS) is 27.2. The monoisotopic (exact) mass is 184 g/mol. The van der Waals surface area contributed by atoms with Gasteiger partial charge in [0.15, 0.2) is 12.5 Å². The summed E-state index contributed by atoms with van der Waals surface area (Å²) in [5.41, 5.74) is 5.54. The Labute approximate surface area is 78.6 Å². The van der Waals surface area contributed by atoms with E-state index in [4.69, 9.17) is 15.2 Å². The molecule has 2 atom stereocenters. The van der Waals surface area contributed by atoms with Gasteiger partial charge in [-0.15, -0.1) is 0 Å². The van der Waals surface area contributed by atoms with E-state index >= 15 is 0 Å². The third-order valence-corrected chi connectivity index (χ3v) is 1.91. The van der Waals surface area contributed by atoms with Crippen molar-refractivity contribution in [1.82, 2.24) is 4.90 Å². The van der Waals surface area contributed by atoms with Crippen LogP contribution in [0.3, 0.4) is 0 Å². The minimum Gasteiger partial charge on any atom is -0.386 e. The van der Waals surface area contributed by atoms with Crippen LogP contribution in [-0.2, 0) is 9.47 Å². The number of rotatable bonds is 4. The van der Waals surface area contributed by atoms with Crippen LogP contribution < -0.4 is 5.73 Å². The minimum atomic E-state index is -0.181. The second-order valence-electron chi connectivity index (χ2n) is 2.84. The molecule has 1 saturated heterocycles. The van der Waals surface area contributed by atoms with Gasteiger partial charge in [-0.25, -0.2) is 0 Å². The van der Waals surface area contributed by atoms with Gasteiger partial charge in [-0.1, -0.05) is 20.1 Å². The average molecular weight is 184 g/mol. The van der Waals surface area contributed by atoms with Gasteiger partial charge in [-0.3, -0.25) is 0 Å². The zero-order valence-electron chi connectivity index (χ0n) is 7.90. The summed E-state index contributed by atoms with van der Waals surface area (Å²) in [6, 6.07) is 0. The van der Waals surface area contributed by atoms with Gasteiger partial charge in [0.2, 0.25) is 0 Å². The topological polar surface area (TPSA) is 47.7 Å². The molecule has 2 unspecified atom stereocenters. The lowest BCUT2D eigenvalue weighted by atomic mass is 10.5. The van der Waals surface area contributed by atoms with Crippen LogP contribution in [0.1, 0.15) is 13.3 Å². The maximum Gasteiger partial charge on any atom is 0.161 e. The predicted octanol–water partition coefficient (Wildman–Crippen LogP) is 0.971. The first-order valence-electron chi connectivity index (χ1n) is 4.31. The van der Waals surface area contributed by atoms with E-state index in [1.165, 1.54) is 0 Å². The third-order valence-electron chi connectivity index (χ3n) is 1.91. The molecule has 74 valence electrons.